The number of aryl methyl sites for hydroxylation is 1. The average Bonchev–Trinajstić information content (AvgIpc) is 2.97. The molecule has 0 radical (unpaired) electrons. The molecule has 3 aromatic rings. The number of likely N-dealkylation sites (N-methyl/N-ethyl adjacent to an activating group) is 1. The van der Waals surface area contributed by atoms with Crippen molar-refractivity contribution in [3.8, 4) is 0 Å². The average molecular weight is 392 g/mol. The van der Waals surface area contributed by atoms with Crippen molar-refractivity contribution in [1.82, 2.24) is 4.98 Å². The zero-order chi connectivity index (χ0) is 17.8. The summed E-state index contributed by atoms with van der Waals surface area (Å²) in [5.41, 5.74) is 1.70. The maximum Gasteiger partial charge on any atom is 0.266 e. The molecule has 7 heteroatoms. The van der Waals surface area contributed by atoms with Crippen molar-refractivity contribution >= 4 is 51.2 Å². The molecule has 26 heavy (non-hydrogen) atoms. The summed E-state index contributed by atoms with van der Waals surface area (Å²) in [7, 11) is 3.63. The summed E-state index contributed by atoms with van der Waals surface area (Å²) in [6.45, 7) is 3.39. The van der Waals surface area contributed by atoms with Crippen molar-refractivity contribution in [2.75, 3.05) is 37.5 Å². The second-order valence-electron chi connectivity index (χ2n) is 5.83. The lowest BCUT2D eigenvalue weighted by atomic mass is 10.1. The minimum Gasteiger partial charge on any atom is -0.383 e. The number of hydrogen-bond donors (Lipinski definition) is 1. The molecule has 0 atom stereocenters. The highest BCUT2D eigenvalue weighted by molar-refractivity contribution is 7.21. The van der Waals surface area contributed by atoms with E-state index in [-0.39, 0.29) is 18.3 Å². The molecule has 2 aromatic heterocycles. The number of ether oxygens (including phenoxy) is 1. The van der Waals surface area contributed by atoms with Gasteiger partial charge in [-0.3, -0.25) is 4.79 Å². The van der Waals surface area contributed by atoms with E-state index in [1.165, 1.54) is 11.3 Å². The van der Waals surface area contributed by atoms with Gasteiger partial charge in [0.2, 0.25) is 0 Å². The Morgan fingerprint density at radius 2 is 2.04 bits per heavy atom. The van der Waals surface area contributed by atoms with Crippen LogP contribution in [0, 0.1) is 6.92 Å². The van der Waals surface area contributed by atoms with Gasteiger partial charge in [0.1, 0.15) is 5.82 Å². The third-order valence-electron chi connectivity index (χ3n) is 4.08. The molecule has 138 valence electrons. The van der Waals surface area contributed by atoms with Gasteiger partial charge in [0.15, 0.2) is 0 Å². The molecule has 5 nitrogen and oxygen atoms in total. The van der Waals surface area contributed by atoms with Crippen LogP contribution in [0.1, 0.15) is 15.2 Å². The molecular formula is C19H22ClN3O2S. The number of amides is 1. The maximum absolute atomic E-state index is 12.6. The third kappa shape index (κ3) is 4.33. The number of thiophene rings is 1. The van der Waals surface area contributed by atoms with Gasteiger partial charge in [-0.2, -0.15) is 0 Å². The van der Waals surface area contributed by atoms with Gasteiger partial charge < -0.3 is 15.0 Å². The SMILES string of the molecule is COCCN(C)c1ccc(NC(=O)c2sc3ccccc3c2C)cn1.Cl. The lowest BCUT2D eigenvalue weighted by Crippen LogP contribution is -2.23. The highest BCUT2D eigenvalue weighted by atomic mass is 35.5. The first kappa shape index (κ1) is 20.2. The molecule has 0 fully saturated rings. The van der Waals surface area contributed by atoms with Crippen LogP contribution in [0.15, 0.2) is 42.6 Å². The second kappa shape index (κ2) is 8.98. The van der Waals surface area contributed by atoms with Crippen molar-refractivity contribution < 1.29 is 9.53 Å². The fraction of sp³-hybridized carbons (Fsp3) is 0.263. The second-order valence-corrected chi connectivity index (χ2v) is 6.88. The Bertz CT molecular complexity index is 880. The van der Waals surface area contributed by atoms with Crippen molar-refractivity contribution in [2.45, 2.75) is 6.92 Å². The van der Waals surface area contributed by atoms with Crippen LogP contribution in [-0.4, -0.2) is 38.2 Å². The van der Waals surface area contributed by atoms with Gasteiger partial charge in [-0.15, -0.1) is 23.7 Å². The van der Waals surface area contributed by atoms with E-state index in [9.17, 15) is 4.79 Å². The molecule has 0 aliphatic rings. The van der Waals surface area contributed by atoms with E-state index >= 15 is 0 Å². The number of anilines is 2. The molecule has 3 rings (SSSR count). The van der Waals surface area contributed by atoms with Crippen LogP contribution in [0.4, 0.5) is 11.5 Å². The molecule has 0 unspecified atom stereocenters. The summed E-state index contributed by atoms with van der Waals surface area (Å²) in [5, 5.41) is 4.07. The van der Waals surface area contributed by atoms with E-state index < -0.39 is 0 Å². The molecule has 1 N–H and O–H groups in total. The quantitative estimate of drug-likeness (QED) is 0.678. The third-order valence-corrected chi connectivity index (χ3v) is 5.35. The van der Waals surface area contributed by atoms with Crippen LogP contribution in [0.25, 0.3) is 10.1 Å². The van der Waals surface area contributed by atoms with Gasteiger partial charge in [-0.1, -0.05) is 18.2 Å². The predicted molar refractivity (Wildman–Crippen MR) is 111 cm³/mol. The molecule has 1 amide bonds. The first-order valence-electron chi connectivity index (χ1n) is 8.05. The van der Waals surface area contributed by atoms with Gasteiger partial charge in [0.05, 0.1) is 23.4 Å². The minimum atomic E-state index is -0.0963. The lowest BCUT2D eigenvalue weighted by Gasteiger charge is -2.17. The summed E-state index contributed by atoms with van der Waals surface area (Å²) < 4.78 is 6.19. The van der Waals surface area contributed by atoms with E-state index in [1.54, 1.807) is 13.3 Å². The largest absolute Gasteiger partial charge is 0.383 e. The van der Waals surface area contributed by atoms with Gasteiger partial charge in [-0.25, -0.2) is 4.98 Å². The Morgan fingerprint density at radius 3 is 2.69 bits per heavy atom. The summed E-state index contributed by atoms with van der Waals surface area (Å²) in [6, 6.07) is 11.8. The monoisotopic (exact) mass is 391 g/mol. The molecule has 0 saturated carbocycles. The molecule has 1 aromatic carbocycles. The standard InChI is InChI=1S/C19H21N3O2S.ClH/c1-13-15-6-4-5-7-16(15)25-18(13)19(23)21-14-8-9-17(20-12-14)22(2)10-11-24-3;/h4-9,12H,10-11H2,1-3H3,(H,21,23);1H. The Kier molecular flexibility index (Phi) is 6.97. The molecular weight excluding hydrogens is 370 g/mol. The maximum atomic E-state index is 12.6. The smallest absolute Gasteiger partial charge is 0.266 e. The van der Waals surface area contributed by atoms with Crippen LogP contribution in [0.2, 0.25) is 0 Å². The highest BCUT2D eigenvalue weighted by Crippen LogP contribution is 2.31. The van der Waals surface area contributed by atoms with Crippen LogP contribution in [0.3, 0.4) is 0 Å². The number of nitrogens with zero attached hydrogens (tertiary/aromatic N) is 2. The Morgan fingerprint density at radius 1 is 1.27 bits per heavy atom. The van der Waals surface area contributed by atoms with E-state index in [1.807, 2.05) is 55.3 Å². The van der Waals surface area contributed by atoms with Crippen LogP contribution < -0.4 is 10.2 Å². The van der Waals surface area contributed by atoms with Gasteiger partial charge in [0.25, 0.3) is 5.91 Å². The molecule has 0 bridgehead atoms. The molecule has 0 aliphatic heterocycles. The number of halogens is 1. The van der Waals surface area contributed by atoms with Gasteiger partial charge in [0, 0.05) is 25.4 Å². The fourth-order valence-electron chi connectivity index (χ4n) is 2.61. The first-order chi connectivity index (χ1) is 12.1. The normalized spacial score (nSPS) is 10.4. The van der Waals surface area contributed by atoms with E-state index in [0.29, 0.717) is 12.3 Å². The number of rotatable bonds is 6. The van der Waals surface area contributed by atoms with Gasteiger partial charge in [-0.05, 0) is 36.1 Å². The van der Waals surface area contributed by atoms with Crippen LogP contribution >= 0.6 is 23.7 Å². The Labute approximate surface area is 163 Å². The number of fused-ring (bicyclic) bond motifs is 1. The van der Waals surface area contributed by atoms with Crippen LogP contribution in [0.5, 0.6) is 0 Å². The van der Waals surface area contributed by atoms with Gasteiger partial charge >= 0.3 is 0 Å². The van der Waals surface area contributed by atoms with Crippen molar-refractivity contribution in [2.24, 2.45) is 0 Å². The Balaban J connectivity index is 0.00000243. The number of hydrogen-bond acceptors (Lipinski definition) is 5. The molecule has 2 heterocycles. The minimum absolute atomic E-state index is 0. The fourth-order valence-corrected chi connectivity index (χ4v) is 3.71. The summed E-state index contributed by atoms with van der Waals surface area (Å²) in [5.74, 6) is 0.745. The van der Waals surface area contributed by atoms with Crippen LogP contribution in [-0.2, 0) is 4.74 Å². The first-order valence-corrected chi connectivity index (χ1v) is 8.87. The Hall–Kier alpha value is -2.15. The predicted octanol–water partition coefficient (Wildman–Crippen LogP) is 4.36. The van der Waals surface area contributed by atoms with E-state index in [4.69, 9.17) is 4.74 Å². The highest BCUT2D eigenvalue weighted by Gasteiger charge is 2.15. The van der Waals surface area contributed by atoms with Crippen molar-refractivity contribution in [3.63, 3.8) is 0 Å². The number of pyridine rings is 1. The number of carbonyl (C=O) groups is 1. The number of carbonyl (C=O) groups excluding carboxylic acids is 1. The van der Waals surface area contributed by atoms with E-state index in [2.05, 4.69) is 10.3 Å². The summed E-state index contributed by atoms with van der Waals surface area (Å²) >= 11 is 1.51. The summed E-state index contributed by atoms with van der Waals surface area (Å²) in [4.78, 5) is 19.8. The molecule has 0 saturated heterocycles. The summed E-state index contributed by atoms with van der Waals surface area (Å²) in [6.07, 6.45) is 1.68. The van der Waals surface area contributed by atoms with Crippen molar-refractivity contribution in [1.29, 1.82) is 0 Å². The van der Waals surface area contributed by atoms with E-state index in [0.717, 1.165) is 32.9 Å². The zero-order valence-corrected chi connectivity index (χ0v) is 16.6. The molecule has 0 aliphatic carbocycles. The number of benzene rings is 1. The number of aromatic nitrogens is 1. The topological polar surface area (TPSA) is 54.5 Å². The number of methoxy groups -OCH3 is 1. The lowest BCUT2D eigenvalue weighted by molar-refractivity contribution is 0.103. The zero-order valence-electron chi connectivity index (χ0n) is 15.0. The van der Waals surface area contributed by atoms with Crippen molar-refractivity contribution in [3.05, 3.63) is 53.0 Å². The molecule has 0 spiro atoms. The number of nitrogens with one attached hydrogen (secondary N) is 1.